The smallest absolute Gasteiger partial charge is 0.239 e. The number of fused-ring (bicyclic) bond motifs is 1. The molecule has 0 aliphatic carbocycles. The lowest BCUT2D eigenvalue weighted by Gasteiger charge is -2.33. The van der Waals surface area contributed by atoms with Crippen molar-refractivity contribution < 1.29 is 29.0 Å². The lowest BCUT2D eigenvalue weighted by molar-refractivity contribution is -0.138. The molecule has 2 aromatic carbocycles. The van der Waals surface area contributed by atoms with E-state index in [4.69, 9.17) is 16.4 Å². The van der Waals surface area contributed by atoms with Crippen LogP contribution in [0.4, 0.5) is 10.2 Å². The van der Waals surface area contributed by atoms with Crippen molar-refractivity contribution in [2.45, 2.75) is 32.0 Å². The van der Waals surface area contributed by atoms with E-state index in [-0.39, 0.29) is 30.4 Å². The molecule has 0 saturated heterocycles. The highest BCUT2D eigenvalue weighted by Gasteiger charge is 2.26. The topological polar surface area (TPSA) is 115 Å². The van der Waals surface area contributed by atoms with Crippen molar-refractivity contribution in [1.29, 1.82) is 0 Å². The Labute approximate surface area is 206 Å². The second-order valence-electron chi connectivity index (χ2n) is 7.78. The van der Waals surface area contributed by atoms with Gasteiger partial charge >= 0.3 is 0 Å². The van der Waals surface area contributed by atoms with Crippen LogP contribution in [0.15, 0.2) is 54.7 Å². The highest BCUT2D eigenvalue weighted by Crippen LogP contribution is 2.21. The number of benzene rings is 2. The zero-order valence-corrected chi connectivity index (χ0v) is 19.7. The average Bonchev–Trinajstić information content (AvgIpc) is 2.86. The Morgan fingerprint density at radius 3 is 2.69 bits per heavy atom. The Morgan fingerprint density at radius 2 is 2.00 bits per heavy atom. The quantitative estimate of drug-likeness (QED) is 0.256. The highest BCUT2D eigenvalue weighted by atomic mass is 35.5. The number of aliphatic hydroxyl groups is 2. The van der Waals surface area contributed by atoms with Crippen molar-refractivity contribution in [3.8, 4) is 0 Å². The zero-order chi connectivity index (χ0) is 25.4. The standard InChI is InChI=1S/C24H26ClFN4O5/c1-16(33)30(28-12-19-7-4-8-22(26)24(19)25)20(10-21(34)13-31)14-35-29(15-32)23-9-17-5-2-3-6-18(17)11-27-23/h2-9,11,15,20-21,28,31,34H,10,12-14H2,1H3/t20-,21?/m0/s1. The Bertz CT molecular complexity index is 1170. The molecule has 3 rings (SSSR count). The van der Waals surface area contributed by atoms with Gasteiger partial charge in [-0.15, -0.1) is 0 Å². The number of hydrazine groups is 1. The minimum absolute atomic E-state index is 0.00547. The minimum Gasteiger partial charge on any atom is -0.394 e. The first-order valence-electron chi connectivity index (χ1n) is 10.8. The van der Waals surface area contributed by atoms with E-state index in [0.717, 1.165) is 15.8 Å². The number of hydroxylamine groups is 1. The molecule has 2 amide bonds. The summed E-state index contributed by atoms with van der Waals surface area (Å²) in [6.07, 6.45) is 0.810. The van der Waals surface area contributed by atoms with Gasteiger partial charge in [0.25, 0.3) is 0 Å². The predicted molar refractivity (Wildman–Crippen MR) is 129 cm³/mol. The van der Waals surface area contributed by atoms with Gasteiger partial charge in [0.2, 0.25) is 12.3 Å². The van der Waals surface area contributed by atoms with Crippen molar-refractivity contribution >= 4 is 40.5 Å². The van der Waals surface area contributed by atoms with Gasteiger partial charge in [-0.25, -0.2) is 14.8 Å². The number of carbonyl (C=O) groups excluding carboxylic acids is 2. The van der Waals surface area contributed by atoms with Crippen LogP contribution in [0.5, 0.6) is 0 Å². The molecule has 0 bridgehead atoms. The lowest BCUT2D eigenvalue weighted by Crippen LogP contribution is -2.52. The molecule has 186 valence electrons. The average molecular weight is 505 g/mol. The number of hydrogen-bond acceptors (Lipinski definition) is 7. The number of amides is 2. The molecule has 3 aromatic rings. The Morgan fingerprint density at radius 1 is 1.26 bits per heavy atom. The molecule has 0 radical (unpaired) electrons. The van der Waals surface area contributed by atoms with Crippen LogP contribution >= 0.6 is 11.6 Å². The van der Waals surface area contributed by atoms with E-state index in [1.807, 2.05) is 24.3 Å². The molecular weight excluding hydrogens is 479 g/mol. The maximum absolute atomic E-state index is 13.8. The molecule has 1 unspecified atom stereocenters. The third-order valence-electron chi connectivity index (χ3n) is 5.27. The second kappa shape index (κ2) is 12.5. The lowest BCUT2D eigenvalue weighted by atomic mass is 10.1. The normalized spacial score (nSPS) is 12.8. The van der Waals surface area contributed by atoms with Crippen molar-refractivity contribution in [1.82, 2.24) is 15.4 Å². The molecule has 11 heteroatoms. The van der Waals surface area contributed by atoms with Crippen LogP contribution < -0.4 is 10.5 Å². The largest absolute Gasteiger partial charge is 0.394 e. The number of hydrogen-bond donors (Lipinski definition) is 3. The number of aromatic nitrogens is 1. The summed E-state index contributed by atoms with van der Waals surface area (Å²) in [5, 5.41) is 23.1. The van der Waals surface area contributed by atoms with Crippen LogP contribution in [0.25, 0.3) is 10.8 Å². The second-order valence-corrected chi connectivity index (χ2v) is 8.16. The predicted octanol–water partition coefficient (Wildman–Crippen LogP) is 2.59. The summed E-state index contributed by atoms with van der Waals surface area (Å²) in [4.78, 5) is 34.1. The van der Waals surface area contributed by atoms with Crippen molar-refractivity contribution in [2.24, 2.45) is 0 Å². The first kappa shape index (κ1) is 26.5. The summed E-state index contributed by atoms with van der Waals surface area (Å²) < 4.78 is 13.8. The van der Waals surface area contributed by atoms with E-state index < -0.39 is 30.5 Å². The van der Waals surface area contributed by atoms with E-state index >= 15 is 0 Å². The van der Waals surface area contributed by atoms with Gasteiger partial charge in [-0.05, 0) is 29.5 Å². The van der Waals surface area contributed by atoms with E-state index in [2.05, 4.69) is 10.4 Å². The summed E-state index contributed by atoms with van der Waals surface area (Å²) in [5.41, 5.74) is 3.29. The molecule has 0 aliphatic heterocycles. The van der Waals surface area contributed by atoms with Gasteiger partial charge in [0, 0.05) is 25.1 Å². The number of rotatable bonds is 12. The van der Waals surface area contributed by atoms with Gasteiger partial charge in [0.1, 0.15) is 5.82 Å². The van der Waals surface area contributed by atoms with E-state index in [9.17, 15) is 24.2 Å². The number of nitrogens with zero attached hydrogens (tertiary/aromatic N) is 3. The van der Waals surface area contributed by atoms with Crippen LogP contribution in [0, 0.1) is 5.82 Å². The third-order valence-corrected chi connectivity index (χ3v) is 5.70. The number of halogens is 2. The summed E-state index contributed by atoms with van der Waals surface area (Å²) >= 11 is 6.00. The molecule has 1 aromatic heterocycles. The van der Waals surface area contributed by atoms with Gasteiger partial charge in [0.15, 0.2) is 5.82 Å². The fourth-order valence-corrected chi connectivity index (χ4v) is 3.69. The molecule has 3 N–H and O–H groups in total. The van der Waals surface area contributed by atoms with Crippen molar-refractivity contribution in [2.75, 3.05) is 18.3 Å². The van der Waals surface area contributed by atoms with Crippen molar-refractivity contribution in [3.05, 3.63) is 71.1 Å². The van der Waals surface area contributed by atoms with Crippen LogP contribution in [-0.4, -0.2) is 57.9 Å². The van der Waals surface area contributed by atoms with Gasteiger partial charge < -0.3 is 10.2 Å². The summed E-state index contributed by atoms with van der Waals surface area (Å²) in [6.45, 7) is 0.530. The molecule has 0 fully saturated rings. The molecule has 0 aliphatic rings. The van der Waals surface area contributed by atoms with Gasteiger partial charge in [-0.2, -0.15) is 5.06 Å². The van der Waals surface area contributed by atoms with Crippen LogP contribution in [0.1, 0.15) is 18.9 Å². The van der Waals surface area contributed by atoms with Crippen LogP contribution in [0.3, 0.4) is 0 Å². The molecule has 2 atom stereocenters. The summed E-state index contributed by atoms with van der Waals surface area (Å²) in [5.74, 6) is -0.799. The van der Waals surface area contributed by atoms with Crippen molar-refractivity contribution in [3.63, 3.8) is 0 Å². The van der Waals surface area contributed by atoms with E-state index in [0.29, 0.717) is 12.0 Å². The Kier molecular flexibility index (Phi) is 9.47. The van der Waals surface area contributed by atoms with E-state index in [1.54, 1.807) is 18.3 Å². The highest BCUT2D eigenvalue weighted by molar-refractivity contribution is 6.31. The van der Waals surface area contributed by atoms with E-state index in [1.165, 1.54) is 24.1 Å². The van der Waals surface area contributed by atoms with Crippen LogP contribution in [-0.2, 0) is 21.0 Å². The first-order chi connectivity index (χ1) is 16.8. The number of carbonyl (C=O) groups is 2. The molecule has 1 heterocycles. The third kappa shape index (κ3) is 6.93. The van der Waals surface area contributed by atoms with Gasteiger partial charge in [-0.3, -0.25) is 19.4 Å². The van der Waals surface area contributed by atoms with Gasteiger partial charge in [-0.1, -0.05) is 48.0 Å². The minimum atomic E-state index is -1.16. The Hall–Kier alpha value is -3.15. The molecule has 35 heavy (non-hydrogen) atoms. The first-order valence-corrected chi connectivity index (χ1v) is 11.2. The van der Waals surface area contributed by atoms with Gasteiger partial charge in [0.05, 0.1) is 30.4 Å². The fourth-order valence-electron chi connectivity index (χ4n) is 3.50. The maximum atomic E-state index is 13.8. The number of nitrogens with one attached hydrogen (secondary N) is 1. The molecule has 0 saturated carbocycles. The summed E-state index contributed by atoms with van der Waals surface area (Å²) in [7, 11) is 0. The SMILES string of the molecule is CC(=O)N(NCc1cccc(F)c1Cl)[C@H](CON(C=O)c1cc2ccccc2cn1)CC(O)CO. The number of anilines is 1. The zero-order valence-electron chi connectivity index (χ0n) is 19.0. The molecule has 9 nitrogen and oxygen atoms in total. The number of aliphatic hydroxyl groups excluding tert-OH is 2. The summed E-state index contributed by atoms with van der Waals surface area (Å²) in [6, 6.07) is 12.6. The molecular formula is C24H26ClFN4O5. The number of pyridine rings is 1. The molecule has 0 spiro atoms. The van der Waals surface area contributed by atoms with Crippen LogP contribution in [0.2, 0.25) is 5.02 Å². The monoisotopic (exact) mass is 504 g/mol. The Balaban J connectivity index is 1.77. The fraction of sp³-hybridized carbons (Fsp3) is 0.292. The maximum Gasteiger partial charge on any atom is 0.239 e.